The van der Waals surface area contributed by atoms with E-state index < -0.39 is 9.60 Å². The summed E-state index contributed by atoms with van der Waals surface area (Å²) in [4.78, 5) is 0. The van der Waals surface area contributed by atoms with Gasteiger partial charge in [0.15, 0.2) is 0 Å². The Bertz CT molecular complexity index is 48.1. The fraction of sp³-hybridized carbons (Fsp3) is 0. The minimum atomic E-state index is -4.26. The topological polar surface area (TPSA) is 158 Å². The molecule has 0 heterocycles. The van der Waals surface area contributed by atoms with Gasteiger partial charge < -0.3 is 27.4 Å². The van der Waals surface area contributed by atoms with Crippen molar-refractivity contribution in [2.24, 2.45) is 0 Å². The van der Waals surface area contributed by atoms with Gasteiger partial charge in [-0.3, -0.25) is 0 Å². The molecule has 0 unspecified atom stereocenters. The van der Waals surface area contributed by atoms with Crippen LogP contribution in [-0.2, 0) is 9.60 Å². The van der Waals surface area contributed by atoms with E-state index in [0.717, 1.165) is 0 Å². The van der Waals surface area contributed by atoms with Crippen LogP contribution in [0.25, 0.3) is 0 Å². The van der Waals surface area contributed by atoms with Crippen LogP contribution in [0.1, 0.15) is 0 Å². The molecule has 0 radical (unpaired) electrons. The van der Waals surface area contributed by atoms with E-state index in [1.165, 1.54) is 0 Å². The molecular weight excluding hydrogens is 353 g/mol. The zero-order valence-corrected chi connectivity index (χ0v) is 10.6. The number of hydrogen-bond donors (Lipinski definition) is 0. The van der Waals surface area contributed by atoms with Gasteiger partial charge in [-0.05, 0) is 0 Å². The van der Waals surface area contributed by atoms with Gasteiger partial charge in [0.1, 0.15) is 0 Å². The second-order valence-corrected chi connectivity index (χ2v) is 31.1. The van der Waals surface area contributed by atoms with Gasteiger partial charge in [-0.1, -0.05) is 0 Å². The van der Waals surface area contributed by atoms with Crippen LogP contribution in [0, 0.1) is 0 Å². The van der Waals surface area contributed by atoms with Crippen molar-refractivity contribution in [3.8, 4) is 0 Å². The quantitative estimate of drug-likeness (QED) is 0.500. The second kappa shape index (κ2) is 10.0. The molecule has 11 heavy (non-hydrogen) atoms. The number of hydrogen-bond acceptors (Lipinski definition) is 0. The van der Waals surface area contributed by atoms with E-state index in [9.17, 15) is 0 Å². The van der Waals surface area contributed by atoms with Gasteiger partial charge in [0.2, 0.25) is 0 Å². The fourth-order valence-electron chi connectivity index (χ4n) is 0. The molecule has 0 aromatic heterocycles. The normalized spacial score (nSPS) is 10.5. The Morgan fingerprint density at radius 1 is 0.455 bits per heavy atom. The Morgan fingerprint density at radius 3 is 0.455 bits per heavy atom. The molecule has 0 aromatic rings. The Hall–Kier alpha value is 1.94. The SMILES string of the molecule is O.O.O.O.O.[Cl][Mo]([Cl])([Cl])([Cl])[Cl]. The molecule has 0 aromatic carbocycles. The van der Waals surface area contributed by atoms with Gasteiger partial charge in [-0.25, -0.2) is 0 Å². The van der Waals surface area contributed by atoms with E-state index in [4.69, 9.17) is 47.1 Å². The van der Waals surface area contributed by atoms with Gasteiger partial charge >= 0.3 is 56.7 Å². The molecule has 5 nitrogen and oxygen atoms in total. The average molecular weight is 363 g/mol. The predicted octanol–water partition coefficient (Wildman–Crippen LogP) is -0.679. The summed E-state index contributed by atoms with van der Waals surface area (Å²) >= 11 is 0. The summed E-state index contributed by atoms with van der Waals surface area (Å²) in [5.74, 6) is 0. The van der Waals surface area contributed by atoms with Crippen LogP contribution in [0.3, 0.4) is 0 Å². The molecule has 0 fully saturated rings. The van der Waals surface area contributed by atoms with E-state index in [0.29, 0.717) is 0 Å². The molecule has 0 atom stereocenters. The van der Waals surface area contributed by atoms with Crippen molar-refractivity contribution in [1.29, 1.82) is 0 Å². The van der Waals surface area contributed by atoms with E-state index in [1.54, 1.807) is 0 Å². The summed E-state index contributed by atoms with van der Waals surface area (Å²) in [6.45, 7) is 0. The van der Waals surface area contributed by atoms with E-state index in [-0.39, 0.29) is 27.4 Å². The van der Waals surface area contributed by atoms with Crippen LogP contribution in [0.2, 0.25) is 0 Å². The van der Waals surface area contributed by atoms with Crippen LogP contribution in [0.4, 0.5) is 0 Å². The van der Waals surface area contributed by atoms with Crippen LogP contribution in [0.5, 0.6) is 0 Å². The van der Waals surface area contributed by atoms with Crippen molar-refractivity contribution in [2.45, 2.75) is 0 Å². The van der Waals surface area contributed by atoms with E-state index >= 15 is 0 Å². The summed E-state index contributed by atoms with van der Waals surface area (Å²) < 4.78 is 0. The van der Waals surface area contributed by atoms with Gasteiger partial charge in [0.05, 0.1) is 0 Å². The monoisotopic (exact) mass is 363 g/mol. The molecule has 0 aliphatic carbocycles. The average Bonchev–Trinajstić information content (AvgIpc) is 0.650. The Morgan fingerprint density at radius 2 is 0.455 bits per heavy atom. The van der Waals surface area contributed by atoms with Crippen LogP contribution in [0.15, 0.2) is 0 Å². The van der Waals surface area contributed by atoms with Crippen LogP contribution in [-0.4, -0.2) is 27.4 Å². The molecule has 81 valence electrons. The van der Waals surface area contributed by atoms with Gasteiger partial charge in [0.25, 0.3) is 0 Å². The third-order valence-corrected chi connectivity index (χ3v) is 0. The van der Waals surface area contributed by atoms with Crippen LogP contribution >= 0.6 is 47.1 Å². The maximum absolute atomic E-state index is 5.04. The number of halogens is 5. The minimum absolute atomic E-state index is 0. The Kier molecular flexibility index (Phi) is 34.9. The van der Waals surface area contributed by atoms with Gasteiger partial charge in [-0.15, -0.1) is 0 Å². The van der Waals surface area contributed by atoms with E-state index in [1.807, 2.05) is 0 Å². The zero-order chi connectivity index (χ0) is 5.45. The molecule has 0 spiro atoms. The second-order valence-electron chi connectivity index (χ2n) is 0.583. The summed E-state index contributed by atoms with van der Waals surface area (Å²) in [6.07, 6.45) is 0. The summed E-state index contributed by atoms with van der Waals surface area (Å²) in [6, 6.07) is 0. The maximum atomic E-state index is 5.04. The first-order valence-electron chi connectivity index (χ1n) is 0.772. The van der Waals surface area contributed by atoms with E-state index in [2.05, 4.69) is 0 Å². The van der Waals surface area contributed by atoms with Gasteiger partial charge in [0, 0.05) is 0 Å². The molecule has 0 aliphatic heterocycles. The molecule has 11 heteroatoms. The molecule has 10 N–H and O–H groups in total. The van der Waals surface area contributed by atoms with Crippen molar-refractivity contribution in [3.05, 3.63) is 0 Å². The molecule has 0 saturated heterocycles. The molecule has 0 aliphatic rings. The third kappa shape index (κ3) is 314. The van der Waals surface area contributed by atoms with Crippen molar-refractivity contribution in [2.75, 3.05) is 0 Å². The predicted molar refractivity (Wildman–Crippen MR) is 47.3 cm³/mol. The van der Waals surface area contributed by atoms with Crippen molar-refractivity contribution in [1.82, 2.24) is 0 Å². The summed E-state index contributed by atoms with van der Waals surface area (Å²) in [5, 5.41) is 0. The first-order chi connectivity index (χ1) is 2.24. The Labute approximate surface area is 83.5 Å². The molecule has 0 amide bonds. The first kappa shape index (κ1) is 38.3. The Balaban J connectivity index is -0.0000000125. The molecular formula is H10Cl5MoO5. The first-order valence-corrected chi connectivity index (χ1v) is 13.7. The molecule has 0 rings (SSSR count). The third-order valence-electron chi connectivity index (χ3n) is 0. The number of rotatable bonds is 0. The standard InChI is InChI=1S/5ClH.Mo.5H2O/h5*1H;;5*1H2/q;;;;;+5;;;;;/p-5. The molecule has 0 saturated carbocycles. The van der Waals surface area contributed by atoms with Gasteiger partial charge in [-0.2, -0.15) is 0 Å². The summed E-state index contributed by atoms with van der Waals surface area (Å²) in [7, 11) is 20.9. The van der Waals surface area contributed by atoms with Crippen molar-refractivity contribution < 1.29 is 37.0 Å². The molecule has 0 bridgehead atoms. The zero-order valence-electron chi connectivity index (χ0n) is 4.80. The van der Waals surface area contributed by atoms with Crippen molar-refractivity contribution >= 4 is 47.1 Å². The fourth-order valence-corrected chi connectivity index (χ4v) is 0. The van der Waals surface area contributed by atoms with Crippen molar-refractivity contribution in [3.63, 3.8) is 0 Å². The summed E-state index contributed by atoms with van der Waals surface area (Å²) in [5.41, 5.74) is 0. The van der Waals surface area contributed by atoms with Crippen LogP contribution < -0.4 is 0 Å².